The van der Waals surface area contributed by atoms with Crippen molar-refractivity contribution in [1.29, 1.82) is 0 Å². The number of esters is 1. The summed E-state index contributed by atoms with van der Waals surface area (Å²) in [7, 11) is 1.29. The molecule has 0 aromatic heterocycles. The molecule has 0 bridgehead atoms. The van der Waals surface area contributed by atoms with Gasteiger partial charge in [-0.3, -0.25) is 4.79 Å². The quantitative estimate of drug-likeness (QED) is 0.106. The van der Waals surface area contributed by atoms with Crippen LogP contribution in [0.5, 0.6) is 0 Å². The number of para-hydroxylation sites is 1. The summed E-state index contributed by atoms with van der Waals surface area (Å²) in [5.74, 6) is -0.733. The Morgan fingerprint density at radius 1 is 0.906 bits per heavy atom. The summed E-state index contributed by atoms with van der Waals surface area (Å²) in [5, 5.41) is 5.68. The minimum atomic E-state index is -1.81. The van der Waals surface area contributed by atoms with E-state index in [1.165, 1.54) is 58.5 Å². The third kappa shape index (κ3) is 12.2. The van der Waals surface area contributed by atoms with Crippen molar-refractivity contribution in [1.82, 2.24) is 5.32 Å². The highest BCUT2D eigenvalue weighted by molar-refractivity contribution is 6.68. The van der Waals surface area contributed by atoms with Gasteiger partial charge in [0.2, 0.25) is 9.70 Å². The van der Waals surface area contributed by atoms with E-state index in [1.807, 2.05) is 0 Å². The molecule has 0 spiro atoms. The highest BCUT2D eigenvalue weighted by Crippen LogP contribution is 2.32. The normalized spacial score (nSPS) is 12.3. The Hall–Kier alpha value is -1.17. The van der Waals surface area contributed by atoms with Crippen molar-refractivity contribution in [3.63, 3.8) is 0 Å². The van der Waals surface area contributed by atoms with Gasteiger partial charge in [0.05, 0.1) is 18.4 Å². The zero-order valence-electron chi connectivity index (χ0n) is 19.2. The van der Waals surface area contributed by atoms with E-state index < -0.39 is 15.9 Å². The van der Waals surface area contributed by atoms with Crippen molar-refractivity contribution in [2.24, 2.45) is 0 Å². The number of methoxy groups -OCH3 is 1. The molecule has 0 fully saturated rings. The number of carbonyl (C=O) groups excluding carboxylic acids is 2. The summed E-state index contributed by atoms with van der Waals surface area (Å²) >= 11 is 18.2. The molecule has 1 aromatic rings. The van der Waals surface area contributed by atoms with Gasteiger partial charge in [-0.25, -0.2) is 4.79 Å². The molecule has 5 nitrogen and oxygen atoms in total. The van der Waals surface area contributed by atoms with E-state index in [0.29, 0.717) is 12.1 Å². The third-order valence-electron chi connectivity index (χ3n) is 5.27. The second-order valence-corrected chi connectivity index (χ2v) is 10.4. The van der Waals surface area contributed by atoms with Crippen LogP contribution in [0, 0.1) is 0 Å². The monoisotopic (exact) mass is 506 g/mol. The van der Waals surface area contributed by atoms with Gasteiger partial charge in [-0.15, -0.1) is 0 Å². The molecule has 1 amide bonds. The van der Waals surface area contributed by atoms with Gasteiger partial charge in [0, 0.05) is 6.42 Å². The van der Waals surface area contributed by atoms with Gasteiger partial charge < -0.3 is 15.4 Å². The van der Waals surface area contributed by atoms with Crippen LogP contribution in [0.25, 0.3) is 0 Å². The molecule has 1 atom stereocenters. The molecule has 8 heteroatoms. The first-order chi connectivity index (χ1) is 15.3. The lowest BCUT2D eigenvalue weighted by atomic mass is 10.1. The molecule has 0 aliphatic heterocycles. The Bertz CT molecular complexity index is 681. The topological polar surface area (TPSA) is 67.4 Å². The van der Waals surface area contributed by atoms with Crippen molar-refractivity contribution in [2.75, 3.05) is 12.4 Å². The number of amides is 1. The van der Waals surface area contributed by atoms with Gasteiger partial charge in [-0.1, -0.05) is 118 Å². The fourth-order valence-electron chi connectivity index (χ4n) is 3.44. The number of unbranched alkanes of at least 4 members (excludes halogenated alkanes) is 10. The second kappa shape index (κ2) is 16.4. The molecule has 0 aliphatic rings. The SMILES string of the molecule is CCCCCCCCCCCCCC(=O)N[C@@H](Nc1ccccc1C(=O)OC)C(Cl)(Cl)Cl. The summed E-state index contributed by atoms with van der Waals surface area (Å²) in [6.07, 6.45) is 12.7. The van der Waals surface area contributed by atoms with Crippen molar-refractivity contribution < 1.29 is 14.3 Å². The number of halogens is 3. The lowest BCUT2D eigenvalue weighted by molar-refractivity contribution is -0.121. The fraction of sp³-hybridized carbons (Fsp3) is 0.667. The molecule has 0 saturated heterocycles. The average molecular weight is 508 g/mol. The first-order valence-corrected chi connectivity index (χ1v) is 12.7. The maximum absolute atomic E-state index is 12.4. The van der Waals surface area contributed by atoms with E-state index in [9.17, 15) is 9.59 Å². The Labute approximate surface area is 207 Å². The van der Waals surface area contributed by atoms with E-state index in [2.05, 4.69) is 17.6 Å². The number of hydrogen-bond donors (Lipinski definition) is 2. The zero-order chi connectivity index (χ0) is 23.8. The van der Waals surface area contributed by atoms with Gasteiger partial charge in [0.25, 0.3) is 0 Å². The first-order valence-electron chi connectivity index (χ1n) is 11.6. The highest BCUT2D eigenvalue weighted by atomic mass is 35.6. The van der Waals surface area contributed by atoms with Gasteiger partial charge in [0.15, 0.2) is 0 Å². The van der Waals surface area contributed by atoms with Crippen molar-refractivity contribution in [2.45, 2.75) is 93.9 Å². The van der Waals surface area contributed by atoms with Crippen LogP contribution in [0.15, 0.2) is 24.3 Å². The van der Waals surface area contributed by atoms with Crippen molar-refractivity contribution in [3.05, 3.63) is 29.8 Å². The van der Waals surface area contributed by atoms with Crippen LogP contribution in [-0.4, -0.2) is 28.9 Å². The molecule has 32 heavy (non-hydrogen) atoms. The molecule has 0 heterocycles. The molecule has 0 unspecified atom stereocenters. The summed E-state index contributed by atoms with van der Waals surface area (Å²) in [4.78, 5) is 24.4. The number of alkyl halides is 3. The molecule has 0 aliphatic carbocycles. The number of benzene rings is 1. The lowest BCUT2D eigenvalue weighted by Crippen LogP contribution is -2.49. The van der Waals surface area contributed by atoms with Gasteiger partial charge in [0.1, 0.15) is 6.17 Å². The van der Waals surface area contributed by atoms with Crippen molar-refractivity contribution >= 4 is 52.4 Å². The number of ether oxygens (including phenoxy) is 1. The minimum Gasteiger partial charge on any atom is -0.465 e. The molecule has 1 aromatic carbocycles. The molecular formula is C24H37Cl3N2O3. The number of hydrogen-bond acceptors (Lipinski definition) is 4. The van der Waals surface area contributed by atoms with Crippen LogP contribution in [0.4, 0.5) is 5.69 Å². The molecule has 0 radical (unpaired) electrons. The Morgan fingerprint density at radius 2 is 1.44 bits per heavy atom. The number of carbonyl (C=O) groups is 2. The van der Waals surface area contributed by atoms with E-state index >= 15 is 0 Å². The minimum absolute atomic E-state index is 0.208. The molecule has 182 valence electrons. The van der Waals surface area contributed by atoms with Crippen LogP contribution in [0.1, 0.15) is 94.3 Å². The Morgan fingerprint density at radius 3 is 1.97 bits per heavy atom. The largest absolute Gasteiger partial charge is 0.465 e. The van der Waals surface area contributed by atoms with E-state index in [-0.39, 0.29) is 11.5 Å². The molecular weight excluding hydrogens is 471 g/mol. The lowest BCUT2D eigenvalue weighted by Gasteiger charge is -2.28. The van der Waals surface area contributed by atoms with Crippen LogP contribution >= 0.6 is 34.8 Å². The number of nitrogens with one attached hydrogen (secondary N) is 2. The molecule has 1 rings (SSSR count). The van der Waals surface area contributed by atoms with E-state index in [1.54, 1.807) is 24.3 Å². The smallest absolute Gasteiger partial charge is 0.339 e. The van der Waals surface area contributed by atoms with Crippen molar-refractivity contribution in [3.8, 4) is 0 Å². The summed E-state index contributed by atoms with van der Waals surface area (Å²) in [6, 6.07) is 6.69. The van der Waals surface area contributed by atoms with Crippen LogP contribution in [0.2, 0.25) is 0 Å². The van der Waals surface area contributed by atoms with Gasteiger partial charge in [-0.2, -0.15) is 0 Å². The van der Waals surface area contributed by atoms with Gasteiger partial charge >= 0.3 is 5.97 Å². The van der Waals surface area contributed by atoms with E-state index in [4.69, 9.17) is 39.5 Å². The predicted octanol–water partition coefficient (Wildman–Crippen LogP) is 7.40. The molecule has 0 saturated carbocycles. The van der Waals surface area contributed by atoms with Crippen LogP contribution < -0.4 is 10.6 Å². The second-order valence-electron chi connectivity index (χ2n) is 8.01. The van der Waals surface area contributed by atoms with Crippen LogP contribution in [-0.2, 0) is 9.53 Å². The standard InChI is InChI=1S/C24H37Cl3N2O3/c1-3-4-5-6-7-8-9-10-11-12-13-18-21(30)29-23(24(25,26)27)28-20-17-15-14-16-19(20)22(31)32-2/h14-17,23,28H,3-13,18H2,1-2H3,(H,29,30)/t23-/m1/s1. The average Bonchev–Trinajstić information content (AvgIpc) is 2.76. The predicted molar refractivity (Wildman–Crippen MR) is 135 cm³/mol. The maximum Gasteiger partial charge on any atom is 0.339 e. The number of rotatable bonds is 16. The van der Waals surface area contributed by atoms with Crippen LogP contribution in [0.3, 0.4) is 0 Å². The van der Waals surface area contributed by atoms with E-state index in [0.717, 1.165) is 19.3 Å². The number of anilines is 1. The Kier molecular flexibility index (Phi) is 14.8. The third-order valence-corrected chi connectivity index (χ3v) is 5.93. The fourth-order valence-corrected chi connectivity index (χ4v) is 3.76. The first kappa shape index (κ1) is 28.9. The Balaban J connectivity index is 2.38. The summed E-state index contributed by atoms with van der Waals surface area (Å²) < 4.78 is 2.97. The summed E-state index contributed by atoms with van der Waals surface area (Å²) in [6.45, 7) is 2.23. The zero-order valence-corrected chi connectivity index (χ0v) is 21.5. The van der Waals surface area contributed by atoms with Gasteiger partial charge in [-0.05, 0) is 18.6 Å². The highest BCUT2D eigenvalue weighted by Gasteiger charge is 2.34. The summed E-state index contributed by atoms with van der Waals surface area (Å²) in [5.41, 5.74) is 0.694. The maximum atomic E-state index is 12.4. The molecule has 2 N–H and O–H groups in total.